The van der Waals surface area contributed by atoms with Crippen molar-refractivity contribution in [1.82, 2.24) is 9.55 Å². The van der Waals surface area contributed by atoms with Gasteiger partial charge in [0.05, 0.1) is 0 Å². The van der Waals surface area contributed by atoms with Crippen molar-refractivity contribution in [3.8, 4) is 5.69 Å². The van der Waals surface area contributed by atoms with Gasteiger partial charge in [-0.25, -0.2) is 0 Å². The quantitative estimate of drug-likeness (QED) is 0.806. The Morgan fingerprint density at radius 3 is 2.62 bits per heavy atom. The van der Waals surface area contributed by atoms with Gasteiger partial charge in [0.15, 0.2) is 4.77 Å². The van der Waals surface area contributed by atoms with E-state index in [-0.39, 0.29) is 0 Å². The second kappa shape index (κ2) is 4.14. The summed E-state index contributed by atoms with van der Waals surface area (Å²) in [7, 11) is 4.06. The highest BCUT2D eigenvalue weighted by molar-refractivity contribution is 7.71. The Morgan fingerprint density at radius 1 is 1.31 bits per heavy atom. The number of aryl methyl sites for hydroxylation is 1. The molecule has 0 bridgehead atoms. The van der Waals surface area contributed by atoms with Gasteiger partial charge in [-0.1, -0.05) is 6.07 Å². The smallest absolute Gasteiger partial charge is 0.181 e. The molecule has 0 aliphatic rings. The third-order valence-electron chi connectivity index (χ3n) is 2.47. The lowest BCUT2D eigenvalue weighted by Gasteiger charge is -2.13. The number of nitrogens with zero attached hydrogens (tertiary/aromatic N) is 2. The van der Waals surface area contributed by atoms with Crippen LogP contribution in [-0.2, 0) is 0 Å². The first kappa shape index (κ1) is 11.0. The molecule has 1 N–H and O–H groups in total. The first-order valence-electron chi connectivity index (χ1n) is 5.14. The molecule has 0 radical (unpaired) electrons. The molecule has 1 aromatic heterocycles. The Hall–Kier alpha value is -1.55. The summed E-state index contributed by atoms with van der Waals surface area (Å²) >= 11 is 5.26. The molecule has 1 heterocycles. The third-order valence-corrected chi connectivity index (χ3v) is 2.77. The van der Waals surface area contributed by atoms with E-state index in [4.69, 9.17) is 12.2 Å². The van der Waals surface area contributed by atoms with Crippen molar-refractivity contribution >= 4 is 17.9 Å². The van der Waals surface area contributed by atoms with Crippen molar-refractivity contribution in [1.29, 1.82) is 0 Å². The first-order valence-corrected chi connectivity index (χ1v) is 5.55. The van der Waals surface area contributed by atoms with E-state index in [2.05, 4.69) is 28.1 Å². The molecule has 0 aliphatic carbocycles. The fraction of sp³-hybridized carbons (Fsp3) is 0.250. The van der Waals surface area contributed by atoms with Crippen LogP contribution in [0.2, 0.25) is 0 Å². The largest absolute Gasteiger partial charge is 0.378 e. The zero-order valence-corrected chi connectivity index (χ0v) is 10.5. The predicted octanol–water partition coefficient (Wildman–Crippen LogP) is 2.91. The summed E-state index contributed by atoms with van der Waals surface area (Å²) in [4.78, 5) is 5.19. The minimum absolute atomic E-state index is 0.730. The molecule has 1 aromatic carbocycles. The van der Waals surface area contributed by atoms with Gasteiger partial charge in [-0.05, 0) is 37.3 Å². The van der Waals surface area contributed by atoms with Crippen LogP contribution in [0.15, 0.2) is 30.5 Å². The highest BCUT2D eigenvalue weighted by Gasteiger charge is 2.02. The molecule has 0 atom stereocenters. The number of rotatable bonds is 2. The van der Waals surface area contributed by atoms with Gasteiger partial charge in [0, 0.05) is 37.4 Å². The summed E-state index contributed by atoms with van der Waals surface area (Å²) in [5.41, 5.74) is 3.32. The lowest BCUT2D eigenvalue weighted by atomic mass is 10.2. The van der Waals surface area contributed by atoms with Crippen molar-refractivity contribution in [2.45, 2.75) is 6.92 Å². The van der Waals surface area contributed by atoms with Crippen LogP contribution in [0.5, 0.6) is 0 Å². The molecule has 0 saturated carbocycles. The van der Waals surface area contributed by atoms with Crippen LogP contribution in [0.1, 0.15) is 5.69 Å². The summed E-state index contributed by atoms with van der Waals surface area (Å²) < 4.78 is 2.71. The number of hydrogen-bond acceptors (Lipinski definition) is 2. The van der Waals surface area contributed by atoms with Crippen LogP contribution in [-0.4, -0.2) is 23.6 Å². The average molecular weight is 233 g/mol. The zero-order chi connectivity index (χ0) is 11.7. The number of H-pyrrole nitrogens is 1. The average Bonchev–Trinajstić information content (AvgIpc) is 2.58. The number of aromatic amines is 1. The van der Waals surface area contributed by atoms with Gasteiger partial charge in [-0.15, -0.1) is 0 Å². The fourth-order valence-electron chi connectivity index (χ4n) is 1.63. The number of anilines is 1. The van der Waals surface area contributed by atoms with Crippen LogP contribution in [0, 0.1) is 11.7 Å². The Balaban J connectivity index is 2.52. The van der Waals surface area contributed by atoms with E-state index in [1.54, 1.807) is 0 Å². The SMILES string of the molecule is Cc1cn(-c2cccc(N(C)C)c2)c(=S)[nH]1. The Kier molecular flexibility index (Phi) is 2.83. The summed E-state index contributed by atoms with van der Waals surface area (Å²) in [6.07, 6.45) is 2.01. The Bertz CT molecular complexity index is 551. The number of aromatic nitrogens is 2. The summed E-state index contributed by atoms with van der Waals surface area (Å²) in [6, 6.07) is 8.28. The molecular formula is C12H15N3S. The van der Waals surface area contributed by atoms with Crippen LogP contribution >= 0.6 is 12.2 Å². The van der Waals surface area contributed by atoms with Crippen molar-refractivity contribution < 1.29 is 0 Å². The number of benzene rings is 1. The molecule has 3 nitrogen and oxygen atoms in total. The molecule has 2 aromatic rings. The van der Waals surface area contributed by atoms with E-state index in [0.717, 1.165) is 16.2 Å². The standard InChI is InChI=1S/C12H15N3S/c1-9-8-15(12(16)13-9)11-6-4-5-10(7-11)14(2)3/h4-8H,1-3H3,(H,13,16). The topological polar surface area (TPSA) is 24.0 Å². The first-order chi connectivity index (χ1) is 7.58. The molecule has 0 amide bonds. The third kappa shape index (κ3) is 2.02. The molecular weight excluding hydrogens is 218 g/mol. The molecule has 4 heteroatoms. The van der Waals surface area contributed by atoms with Gasteiger partial charge in [-0.3, -0.25) is 4.57 Å². The van der Waals surface area contributed by atoms with Gasteiger partial charge in [0.25, 0.3) is 0 Å². The highest BCUT2D eigenvalue weighted by atomic mass is 32.1. The number of nitrogens with one attached hydrogen (secondary N) is 1. The molecule has 0 unspecified atom stereocenters. The van der Waals surface area contributed by atoms with Crippen LogP contribution in [0.3, 0.4) is 0 Å². The number of imidazole rings is 1. The molecule has 0 saturated heterocycles. The normalized spacial score (nSPS) is 10.4. The summed E-state index contributed by atoms with van der Waals surface area (Å²) in [6.45, 7) is 2.00. The second-order valence-electron chi connectivity index (χ2n) is 4.03. The molecule has 84 valence electrons. The molecule has 2 rings (SSSR count). The van der Waals surface area contributed by atoms with Gasteiger partial charge in [0.2, 0.25) is 0 Å². The highest BCUT2D eigenvalue weighted by Crippen LogP contribution is 2.17. The number of hydrogen-bond donors (Lipinski definition) is 1. The van der Waals surface area contributed by atoms with E-state index in [1.807, 2.05) is 37.8 Å². The van der Waals surface area contributed by atoms with E-state index in [0.29, 0.717) is 0 Å². The van der Waals surface area contributed by atoms with Gasteiger partial charge in [-0.2, -0.15) is 0 Å². The lowest BCUT2D eigenvalue weighted by molar-refractivity contribution is 1.02. The van der Waals surface area contributed by atoms with Gasteiger partial charge < -0.3 is 9.88 Å². The zero-order valence-electron chi connectivity index (χ0n) is 9.69. The van der Waals surface area contributed by atoms with Crippen LogP contribution in [0.25, 0.3) is 5.69 Å². The van der Waals surface area contributed by atoms with Crippen molar-refractivity contribution in [2.24, 2.45) is 0 Å². The van der Waals surface area contributed by atoms with Gasteiger partial charge in [0.1, 0.15) is 0 Å². The van der Waals surface area contributed by atoms with Crippen molar-refractivity contribution in [2.75, 3.05) is 19.0 Å². The molecule has 0 aliphatic heterocycles. The fourth-order valence-corrected chi connectivity index (χ4v) is 1.95. The van der Waals surface area contributed by atoms with Crippen molar-refractivity contribution in [3.05, 3.63) is 40.9 Å². The predicted molar refractivity (Wildman–Crippen MR) is 70.0 cm³/mol. The summed E-state index contributed by atoms with van der Waals surface area (Å²) in [5, 5.41) is 0. The van der Waals surface area contributed by atoms with Crippen LogP contribution < -0.4 is 4.90 Å². The lowest BCUT2D eigenvalue weighted by Crippen LogP contribution is -2.08. The Labute approximate surface area is 100 Å². The maximum Gasteiger partial charge on any atom is 0.181 e. The van der Waals surface area contributed by atoms with Crippen molar-refractivity contribution in [3.63, 3.8) is 0 Å². The molecule has 16 heavy (non-hydrogen) atoms. The maximum absolute atomic E-state index is 5.26. The van der Waals surface area contributed by atoms with E-state index in [9.17, 15) is 0 Å². The Morgan fingerprint density at radius 2 is 2.06 bits per heavy atom. The van der Waals surface area contributed by atoms with E-state index < -0.39 is 0 Å². The molecule has 0 fully saturated rings. The van der Waals surface area contributed by atoms with Crippen LogP contribution in [0.4, 0.5) is 5.69 Å². The minimum Gasteiger partial charge on any atom is -0.378 e. The minimum atomic E-state index is 0.730. The van der Waals surface area contributed by atoms with E-state index >= 15 is 0 Å². The maximum atomic E-state index is 5.26. The second-order valence-corrected chi connectivity index (χ2v) is 4.41. The molecule has 0 spiro atoms. The summed E-state index contributed by atoms with van der Waals surface area (Å²) in [5.74, 6) is 0. The monoisotopic (exact) mass is 233 g/mol. The van der Waals surface area contributed by atoms with E-state index in [1.165, 1.54) is 5.69 Å². The van der Waals surface area contributed by atoms with Gasteiger partial charge >= 0.3 is 0 Å².